The fourth-order valence-electron chi connectivity index (χ4n) is 1.91. The average molecular weight is 280 g/mol. The van der Waals surface area contributed by atoms with Crippen molar-refractivity contribution in [3.8, 4) is 0 Å². The van der Waals surface area contributed by atoms with E-state index in [1.165, 1.54) is 17.8 Å². The first-order chi connectivity index (χ1) is 9.16. The lowest BCUT2D eigenvalue weighted by Gasteiger charge is -2.12. The molecule has 1 fully saturated rings. The van der Waals surface area contributed by atoms with Crippen LogP contribution in [0.2, 0.25) is 0 Å². The Kier molecular flexibility index (Phi) is 3.24. The van der Waals surface area contributed by atoms with Crippen LogP contribution in [0.5, 0.6) is 0 Å². The molecule has 1 aromatic carbocycles. The number of halogens is 1. The summed E-state index contributed by atoms with van der Waals surface area (Å²) < 4.78 is 15.5. The van der Waals surface area contributed by atoms with Crippen molar-refractivity contribution in [3.05, 3.63) is 29.6 Å². The predicted octanol–water partition coefficient (Wildman–Crippen LogP) is 2.35. The molecule has 100 valence electrons. The van der Waals surface area contributed by atoms with Gasteiger partial charge < -0.3 is 5.11 Å². The van der Waals surface area contributed by atoms with Crippen molar-refractivity contribution in [2.75, 3.05) is 0 Å². The van der Waals surface area contributed by atoms with Crippen molar-refractivity contribution in [1.82, 2.24) is 20.2 Å². The Hall–Kier alpha value is -1.47. The van der Waals surface area contributed by atoms with E-state index in [0.29, 0.717) is 16.1 Å². The van der Waals surface area contributed by atoms with E-state index in [9.17, 15) is 9.50 Å². The van der Waals surface area contributed by atoms with Crippen LogP contribution in [0.1, 0.15) is 37.5 Å². The third-order valence-electron chi connectivity index (χ3n) is 2.99. The molecule has 0 saturated heterocycles. The quantitative estimate of drug-likeness (QED) is 0.931. The topological polar surface area (TPSA) is 63.8 Å². The van der Waals surface area contributed by atoms with E-state index < -0.39 is 11.9 Å². The summed E-state index contributed by atoms with van der Waals surface area (Å²) in [7, 11) is 0. The Labute approximate surface area is 113 Å². The molecule has 1 aromatic heterocycles. The molecule has 1 saturated carbocycles. The van der Waals surface area contributed by atoms with Gasteiger partial charge in [-0.15, -0.1) is 5.10 Å². The molecular formula is C12H13FN4OS. The zero-order valence-electron chi connectivity index (χ0n) is 10.3. The zero-order chi connectivity index (χ0) is 13.4. The van der Waals surface area contributed by atoms with Crippen LogP contribution in [0.25, 0.3) is 0 Å². The van der Waals surface area contributed by atoms with Gasteiger partial charge in [0.15, 0.2) is 0 Å². The van der Waals surface area contributed by atoms with Gasteiger partial charge >= 0.3 is 0 Å². The number of rotatable bonds is 4. The molecule has 0 bridgehead atoms. The molecule has 0 amide bonds. The van der Waals surface area contributed by atoms with Crippen LogP contribution in [0.15, 0.2) is 28.3 Å². The highest BCUT2D eigenvalue weighted by Crippen LogP contribution is 2.39. The van der Waals surface area contributed by atoms with Gasteiger partial charge in [0, 0.05) is 10.5 Å². The van der Waals surface area contributed by atoms with E-state index >= 15 is 0 Å². The molecule has 2 aromatic rings. The summed E-state index contributed by atoms with van der Waals surface area (Å²) in [6, 6.07) is 5.09. The Morgan fingerprint density at radius 2 is 2.26 bits per heavy atom. The highest BCUT2D eigenvalue weighted by Gasteiger charge is 2.28. The maximum Gasteiger partial charge on any atom is 0.214 e. The number of aliphatic hydroxyl groups is 1. The Balaban J connectivity index is 1.94. The molecular weight excluding hydrogens is 267 g/mol. The lowest BCUT2D eigenvalue weighted by Crippen LogP contribution is -2.01. The molecule has 1 N–H and O–H groups in total. The lowest BCUT2D eigenvalue weighted by atomic mass is 10.1. The molecule has 1 aliphatic rings. The van der Waals surface area contributed by atoms with E-state index in [1.807, 2.05) is 0 Å². The molecule has 3 rings (SSSR count). The Bertz CT molecular complexity index is 597. The SMILES string of the molecule is C[C@@H](O)c1c(F)cccc1Sc1nnnn1C1CC1. The monoisotopic (exact) mass is 280 g/mol. The standard InChI is InChI=1S/C12H13FN4OS/c1-7(18)11-9(13)3-2-4-10(11)19-12-14-15-16-17(12)8-5-6-8/h2-4,7-8,18H,5-6H2,1H3/t7-/m1/s1. The number of nitrogens with zero attached hydrogens (tertiary/aromatic N) is 4. The van der Waals surface area contributed by atoms with Gasteiger partial charge in [-0.25, -0.2) is 9.07 Å². The molecule has 0 unspecified atom stereocenters. The second-order valence-corrected chi connectivity index (χ2v) is 5.58. The zero-order valence-corrected chi connectivity index (χ0v) is 11.1. The summed E-state index contributed by atoms with van der Waals surface area (Å²) in [4.78, 5) is 0.645. The van der Waals surface area contributed by atoms with Crippen LogP contribution in [0, 0.1) is 5.82 Å². The molecule has 7 heteroatoms. The van der Waals surface area contributed by atoms with Gasteiger partial charge in [-0.2, -0.15) is 0 Å². The summed E-state index contributed by atoms with van der Waals surface area (Å²) in [5, 5.41) is 21.9. The van der Waals surface area contributed by atoms with Gasteiger partial charge in [0.1, 0.15) is 5.82 Å². The molecule has 0 radical (unpaired) electrons. The van der Waals surface area contributed by atoms with Crippen LogP contribution in [0.4, 0.5) is 4.39 Å². The van der Waals surface area contributed by atoms with Crippen molar-refractivity contribution in [3.63, 3.8) is 0 Å². The molecule has 1 atom stereocenters. The van der Waals surface area contributed by atoms with Crippen molar-refractivity contribution >= 4 is 11.8 Å². The Morgan fingerprint density at radius 1 is 1.47 bits per heavy atom. The molecule has 0 spiro atoms. The van der Waals surface area contributed by atoms with Gasteiger partial charge in [-0.1, -0.05) is 6.07 Å². The van der Waals surface area contributed by atoms with Gasteiger partial charge in [-0.05, 0) is 54.1 Å². The minimum Gasteiger partial charge on any atom is -0.389 e. The molecule has 5 nitrogen and oxygen atoms in total. The summed E-state index contributed by atoms with van der Waals surface area (Å²) in [6.45, 7) is 1.55. The minimum atomic E-state index is -0.867. The summed E-state index contributed by atoms with van der Waals surface area (Å²) in [6.07, 6.45) is 1.28. The number of benzene rings is 1. The smallest absolute Gasteiger partial charge is 0.214 e. The van der Waals surface area contributed by atoms with E-state index in [0.717, 1.165) is 12.8 Å². The van der Waals surface area contributed by atoms with Gasteiger partial charge in [-0.3, -0.25) is 0 Å². The first kappa shape index (κ1) is 12.6. The normalized spacial score (nSPS) is 16.6. The third-order valence-corrected chi connectivity index (χ3v) is 4.01. The fourth-order valence-corrected chi connectivity index (χ4v) is 2.99. The van der Waals surface area contributed by atoms with Crippen molar-refractivity contribution in [1.29, 1.82) is 0 Å². The largest absolute Gasteiger partial charge is 0.389 e. The summed E-state index contributed by atoms with van der Waals surface area (Å²) in [5.41, 5.74) is 0.290. The maximum absolute atomic E-state index is 13.8. The van der Waals surface area contributed by atoms with Crippen LogP contribution >= 0.6 is 11.8 Å². The second kappa shape index (κ2) is 4.90. The number of aliphatic hydroxyl groups excluding tert-OH is 1. The van der Waals surface area contributed by atoms with Crippen LogP contribution in [-0.2, 0) is 0 Å². The van der Waals surface area contributed by atoms with Crippen molar-refractivity contribution in [2.24, 2.45) is 0 Å². The van der Waals surface area contributed by atoms with Crippen LogP contribution < -0.4 is 0 Å². The van der Waals surface area contributed by atoms with Gasteiger partial charge in [0.05, 0.1) is 12.1 Å². The minimum absolute atomic E-state index is 0.290. The summed E-state index contributed by atoms with van der Waals surface area (Å²) in [5.74, 6) is -0.412. The average Bonchev–Trinajstić information content (AvgIpc) is 3.10. The van der Waals surface area contributed by atoms with Crippen LogP contribution in [-0.4, -0.2) is 25.3 Å². The van der Waals surface area contributed by atoms with Crippen molar-refractivity contribution in [2.45, 2.75) is 42.0 Å². The predicted molar refractivity (Wildman–Crippen MR) is 67.2 cm³/mol. The second-order valence-electron chi connectivity index (χ2n) is 4.57. The van der Waals surface area contributed by atoms with Crippen molar-refractivity contribution < 1.29 is 9.50 Å². The van der Waals surface area contributed by atoms with E-state index in [-0.39, 0.29) is 5.56 Å². The Morgan fingerprint density at radius 3 is 2.95 bits per heavy atom. The first-order valence-electron chi connectivity index (χ1n) is 6.09. The highest BCUT2D eigenvalue weighted by atomic mass is 32.2. The number of aromatic nitrogens is 4. The number of hydrogen-bond acceptors (Lipinski definition) is 5. The molecule has 1 aliphatic carbocycles. The first-order valence-corrected chi connectivity index (χ1v) is 6.90. The molecule has 19 heavy (non-hydrogen) atoms. The van der Waals surface area contributed by atoms with E-state index in [2.05, 4.69) is 15.5 Å². The van der Waals surface area contributed by atoms with E-state index in [1.54, 1.807) is 23.7 Å². The lowest BCUT2D eigenvalue weighted by molar-refractivity contribution is 0.191. The van der Waals surface area contributed by atoms with Crippen LogP contribution in [0.3, 0.4) is 0 Å². The third kappa shape index (κ3) is 2.48. The number of tetrazole rings is 1. The van der Waals surface area contributed by atoms with E-state index in [4.69, 9.17) is 0 Å². The highest BCUT2D eigenvalue weighted by molar-refractivity contribution is 7.99. The van der Waals surface area contributed by atoms with Gasteiger partial charge in [0.25, 0.3) is 0 Å². The molecule has 1 heterocycles. The summed E-state index contributed by atoms with van der Waals surface area (Å²) >= 11 is 1.29. The maximum atomic E-state index is 13.8. The molecule has 0 aliphatic heterocycles. The van der Waals surface area contributed by atoms with Gasteiger partial charge in [0.2, 0.25) is 5.16 Å². The number of hydrogen-bond donors (Lipinski definition) is 1. The fraction of sp³-hybridized carbons (Fsp3) is 0.417.